The highest BCUT2D eigenvalue weighted by Crippen LogP contribution is 2.37. The second kappa shape index (κ2) is 7.09. The Hall–Kier alpha value is -3.00. The van der Waals surface area contributed by atoms with Crippen LogP contribution in [0.3, 0.4) is 0 Å². The van der Waals surface area contributed by atoms with Crippen molar-refractivity contribution in [3.05, 3.63) is 65.4 Å². The molecule has 0 amide bonds. The minimum Gasteiger partial charge on any atom is -0.393 e. The molecule has 0 saturated heterocycles. The van der Waals surface area contributed by atoms with Crippen LogP contribution in [0.15, 0.2) is 54.9 Å². The van der Waals surface area contributed by atoms with Gasteiger partial charge in [-0.25, -0.2) is 9.97 Å². The zero-order chi connectivity index (χ0) is 18.7. The van der Waals surface area contributed by atoms with Gasteiger partial charge in [0.05, 0.1) is 22.0 Å². The summed E-state index contributed by atoms with van der Waals surface area (Å²) in [5.41, 5.74) is 5.65. The van der Waals surface area contributed by atoms with Crippen LogP contribution in [0.4, 0.5) is 41.9 Å². The number of rotatable bonds is 4. The van der Waals surface area contributed by atoms with Gasteiger partial charge in [-0.3, -0.25) is 0 Å². The molecule has 134 valence electrons. The maximum atomic E-state index is 13.1. The van der Waals surface area contributed by atoms with Gasteiger partial charge in [0, 0.05) is 0 Å². The molecule has 2 aromatic carbocycles. The predicted octanol–water partition coefficient (Wildman–Crippen LogP) is 5.22. The summed E-state index contributed by atoms with van der Waals surface area (Å²) in [6.45, 7) is 0. The number of benzene rings is 2. The molecule has 3 aromatic rings. The molecule has 0 aliphatic heterocycles. The van der Waals surface area contributed by atoms with Gasteiger partial charge in [0.2, 0.25) is 0 Å². The van der Waals surface area contributed by atoms with Gasteiger partial charge < -0.3 is 16.4 Å². The van der Waals surface area contributed by atoms with Crippen molar-refractivity contribution in [1.82, 2.24) is 9.97 Å². The second-order valence-electron chi connectivity index (χ2n) is 5.26. The third-order valence-corrected chi connectivity index (χ3v) is 3.83. The minimum atomic E-state index is -4.51. The van der Waals surface area contributed by atoms with Crippen LogP contribution in [-0.4, -0.2) is 9.97 Å². The molecule has 1 aromatic heterocycles. The van der Waals surface area contributed by atoms with Crippen molar-refractivity contribution in [3.8, 4) is 0 Å². The molecule has 0 atom stereocenters. The first kappa shape index (κ1) is 17.8. The van der Waals surface area contributed by atoms with E-state index in [4.69, 9.17) is 17.3 Å². The normalized spacial score (nSPS) is 11.2. The van der Waals surface area contributed by atoms with E-state index in [2.05, 4.69) is 20.6 Å². The Balaban J connectivity index is 1.93. The lowest BCUT2D eigenvalue weighted by Gasteiger charge is -2.16. The zero-order valence-corrected chi connectivity index (χ0v) is 13.9. The molecule has 0 aliphatic rings. The van der Waals surface area contributed by atoms with Crippen molar-refractivity contribution in [2.24, 2.45) is 0 Å². The Morgan fingerprint density at radius 1 is 0.846 bits per heavy atom. The third kappa shape index (κ3) is 3.80. The van der Waals surface area contributed by atoms with Crippen LogP contribution in [0, 0.1) is 0 Å². The predicted molar refractivity (Wildman–Crippen MR) is 95.9 cm³/mol. The topological polar surface area (TPSA) is 75.9 Å². The average Bonchev–Trinajstić information content (AvgIpc) is 2.60. The SMILES string of the molecule is Nc1c(Nc2ccccc2Cl)ncnc1Nc1ccccc1C(F)(F)F. The van der Waals surface area contributed by atoms with Crippen LogP contribution in [0.1, 0.15) is 5.56 Å². The van der Waals surface area contributed by atoms with Crippen LogP contribution >= 0.6 is 11.6 Å². The van der Waals surface area contributed by atoms with Crippen molar-refractivity contribution in [2.45, 2.75) is 6.18 Å². The van der Waals surface area contributed by atoms with E-state index in [0.29, 0.717) is 10.7 Å². The van der Waals surface area contributed by atoms with Crippen molar-refractivity contribution < 1.29 is 13.2 Å². The van der Waals surface area contributed by atoms with Crippen LogP contribution in [0.25, 0.3) is 0 Å². The van der Waals surface area contributed by atoms with Gasteiger partial charge in [-0.15, -0.1) is 0 Å². The number of para-hydroxylation sites is 2. The van der Waals surface area contributed by atoms with E-state index in [0.717, 1.165) is 6.07 Å². The number of nitrogens with two attached hydrogens (primary N) is 1. The fraction of sp³-hybridized carbons (Fsp3) is 0.0588. The molecule has 0 radical (unpaired) electrons. The fourth-order valence-electron chi connectivity index (χ4n) is 2.25. The van der Waals surface area contributed by atoms with Crippen LogP contribution in [-0.2, 0) is 6.18 Å². The molecule has 0 saturated carbocycles. The van der Waals surface area contributed by atoms with E-state index < -0.39 is 11.7 Å². The molecule has 4 N–H and O–H groups in total. The molecule has 3 rings (SSSR count). The number of aromatic nitrogens is 2. The van der Waals surface area contributed by atoms with Crippen molar-refractivity contribution >= 4 is 40.3 Å². The van der Waals surface area contributed by atoms with Crippen LogP contribution in [0.2, 0.25) is 5.02 Å². The van der Waals surface area contributed by atoms with Crippen LogP contribution in [0.5, 0.6) is 0 Å². The Labute approximate surface area is 152 Å². The van der Waals surface area contributed by atoms with Crippen molar-refractivity contribution in [2.75, 3.05) is 16.4 Å². The van der Waals surface area contributed by atoms with Gasteiger partial charge in [0.1, 0.15) is 12.0 Å². The summed E-state index contributed by atoms with van der Waals surface area (Å²) in [5, 5.41) is 6.01. The first-order valence-electron chi connectivity index (χ1n) is 7.41. The lowest BCUT2D eigenvalue weighted by atomic mass is 10.1. The standard InChI is InChI=1S/C17H13ClF3N5/c18-11-6-2-4-8-13(11)26-16-14(22)15(23-9-24-16)25-12-7-3-1-5-10(12)17(19,20)21/h1-9H,22H2,(H2,23,24,25,26). The number of nitrogens with zero attached hydrogens (tertiary/aromatic N) is 2. The molecule has 9 heteroatoms. The molecular formula is C17H13ClF3N5. The fourth-order valence-corrected chi connectivity index (χ4v) is 2.43. The molecule has 0 unspecified atom stereocenters. The molecule has 26 heavy (non-hydrogen) atoms. The number of halogens is 4. The van der Waals surface area contributed by atoms with Gasteiger partial charge in [0.25, 0.3) is 0 Å². The minimum absolute atomic E-state index is 0.0475. The number of alkyl halides is 3. The smallest absolute Gasteiger partial charge is 0.393 e. The Kier molecular flexibility index (Phi) is 4.85. The Morgan fingerprint density at radius 3 is 2.00 bits per heavy atom. The highest BCUT2D eigenvalue weighted by atomic mass is 35.5. The van der Waals surface area contributed by atoms with E-state index in [1.807, 2.05) is 0 Å². The number of anilines is 5. The highest BCUT2D eigenvalue weighted by Gasteiger charge is 2.33. The summed E-state index contributed by atoms with van der Waals surface area (Å²) in [4.78, 5) is 7.95. The van der Waals surface area contributed by atoms with Crippen LogP contribution < -0.4 is 16.4 Å². The zero-order valence-electron chi connectivity index (χ0n) is 13.2. The van der Waals surface area contributed by atoms with Crippen molar-refractivity contribution in [3.63, 3.8) is 0 Å². The molecule has 0 fully saturated rings. The van der Waals surface area contributed by atoms with E-state index in [9.17, 15) is 13.2 Å². The van der Waals surface area contributed by atoms with E-state index >= 15 is 0 Å². The molecule has 1 heterocycles. The monoisotopic (exact) mass is 379 g/mol. The number of hydrogen-bond donors (Lipinski definition) is 3. The highest BCUT2D eigenvalue weighted by molar-refractivity contribution is 6.33. The molecule has 0 aliphatic carbocycles. The van der Waals surface area contributed by atoms with E-state index in [1.54, 1.807) is 24.3 Å². The average molecular weight is 380 g/mol. The maximum Gasteiger partial charge on any atom is 0.418 e. The van der Waals surface area contributed by atoms with Gasteiger partial charge in [-0.05, 0) is 24.3 Å². The number of nitrogen functional groups attached to an aromatic ring is 1. The summed E-state index contributed by atoms with van der Waals surface area (Å²) in [7, 11) is 0. The van der Waals surface area contributed by atoms with Gasteiger partial charge >= 0.3 is 6.18 Å². The van der Waals surface area contributed by atoms with Crippen molar-refractivity contribution in [1.29, 1.82) is 0 Å². The first-order chi connectivity index (χ1) is 12.4. The second-order valence-corrected chi connectivity index (χ2v) is 5.66. The summed E-state index contributed by atoms with van der Waals surface area (Å²) in [6.07, 6.45) is -3.32. The lowest BCUT2D eigenvalue weighted by Crippen LogP contribution is -2.10. The molecule has 5 nitrogen and oxygen atoms in total. The van der Waals surface area contributed by atoms with E-state index in [-0.39, 0.29) is 23.0 Å². The quantitative estimate of drug-likeness (QED) is 0.579. The Morgan fingerprint density at radius 2 is 1.38 bits per heavy atom. The summed E-state index contributed by atoms with van der Waals surface area (Å²) in [6, 6.07) is 12.0. The van der Waals surface area contributed by atoms with Gasteiger partial charge in [0.15, 0.2) is 11.6 Å². The van der Waals surface area contributed by atoms with E-state index in [1.165, 1.54) is 24.5 Å². The lowest BCUT2D eigenvalue weighted by molar-refractivity contribution is -0.136. The summed E-state index contributed by atoms with van der Waals surface area (Å²) >= 11 is 6.08. The largest absolute Gasteiger partial charge is 0.418 e. The molecule has 0 spiro atoms. The molecular weight excluding hydrogens is 367 g/mol. The maximum absolute atomic E-state index is 13.1. The van der Waals surface area contributed by atoms with Gasteiger partial charge in [-0.2, -0.15) is 13.2 Å². The van der Waals surface area contributed by atoms with Gasteiger partial charge in [-0.1, -0.05) is 35.9 Å². The molecule has 0 bridgehead atoms. The third-order valence-electron chi connectivity index (χ3n) is 3.50. The Bertz CT molecular complexity index is 930. The first-order valence-corrected chi connectivity index (χ1v) is 7.79. The number of nitrogens with one attached hydrogen (secondary N) is 2. The number of hydrogen-bond acceptors (Lipinski definition) is 5. The summed E-state index contributed by atoms with van der Waals surface area (Å²) in [5.74, 6) is 0.270. The summed E-state index contributed by atoms with van der Waals surface area (Å²) < 4.78 is 39.4.